The second kappa shape index (κ2) is 13.7. The number of nitrogens with zero attached hydrogens (tertiary/aromatic N) is 2. The summed E-state index contributed by atoms with van der Waals surface area (Å²) >= 11 is 0. The highest BCUT2D eigenvalue weighted by atomic mass is 16.5. The maximum atomic E-state index is 12.4. The average Bonchev–Trinajstić information content (AvgIpc) is 3.33. The Morgan fingerprint density at radius 2 is 1.67 bits per heavy atom. The largest absolute Gasteiger partial charge is 0.493 e. The van der Waals surface area contributed by atoms with Crippen LogP contribution in [0.4, 0.5) is 0 Å². The lowest BCUT2D eigenvalue weighted by Gasteiger charge is -2.10. The summed E-state index contributed by atoms with van der Waals surface area (Å²) in [5.74, 6) is 1.47. The number of hydrogen-bond donors (Lipinski definition) is 2. The zero-order chi connectivity index (χ0) is 27.5. The van der Waals surface area contributed by atoms with Gasteiger partial charge in [-0.2, -0.15) is 5.10 Å². The number of aromatic nitrogens is 1. The molecular formula is C31H32N4O4. The van der Waals surface area contributed by atoms with Gasteiger partial charge in [-0.25, -0.2) is 9.78 Å². The van der Waals surface area contributed by atoms with Gasteiger partial charge in [-0.15, -0.1) is 0 Å². The standard InChI is InChI=1S/C31H32N4O4/c1-3-37-31(36)29(35-33-21-24-10-6-4-7-11-24)27(32)20-23-14-16-26(17-15-23)38-19-18-28-22(2)39-30(34-28)25-12-8-5-9-13-25/h4-17,32-33H,3,18-21H2,1-2H3/b32-27?,35-29+. The zero-order valence-corrected chi connectivity index (χ0v) is 22.1. The maximum absolute atomic E-state index is 12.4. The van der Waals surface area contributed by atoms with Crippen molar-refractivity contribution in [1.82, 2.24) is 10.4 Å². The minimum absolute atomic E-state index is 0.0361. The Bertz CT molecular complexity index is 1400. The molecule has 8 heteroatoms. The number of esters is 1. The number of aryl methyl sites for hydroxylation is 1. The Morgan fingerprint density at radius 1 is 0.974 bits per heavy atom. The van der Waals surface area contributed by atoms with Gasteiger partial charge in [0.05, 0.1) is 31.2 Å². The smallest absolute Gasteiger partial charge is 0.360 e. The van der Waals surface area contributed by atoms with E-state index in [1.54, 1.807) is 6.92 Å². The van der Waals surface area contributed by atoms with Crippen molar-refractivity contribution in [2.75, 3.05) is 13.2 Å². The SMILES string of the molecule is CCOC(=O)/C(=N/NCc1ccccc1)C(=N)Cc1ccc(OCCc2nc(-c3ccccc3)oc2C)cc1. The molecule has 39 heavy (non-hydrogen) atoms. The van der Waals surface area contributed by atoms with E-state index in [-0.39, 0.29) is 24.5 Å². The fourth-order valence-corrected chi connectivity index (χ4v) is 3.86. The first-order valence-corrected chi connectivity index (χ1v) is 12.9. The molecule has 0 fully saturated rings. The molecule has 0 amide bonds. The van der Waals surface area contributed by atoms with Crippen LogP contribution in [0.15, 0.2) is 94.4 Å². The monoisotopic (exact) mass is 524 g/mol. The molecule has 1 heterocycles. The molecule has 0 aliphatic carbocycles. The normalized spacial score (nSPS) is 11.2. The minimum atomic E-state index is -0.624. The van der Waals surface area contributed by atoms with Gasteiger partial charge in [0, 0.05) is 18.4 Å². The quantitative estimate of drug-likeness (QED) is 0.135. The van der Waals surface area contributed by atoms with Crippen molar-refractivity contribution in [3.8, 4) is 17.2 Å². The molecule has 0 radical (unpaired) electrons. The van der Waals surface area contributed by atoms with Gasteiger partial charge >= 0.3 is 5.97 Å². The Labute approximate surface area is 228 Å². The first-order valence-electron chi connectivity index (χ1n) is 12.9. The topological polar surface area (TPSA) is 110 Å². The summed E-state index contributed by atoms with van der Waals surface area (Å²) in [7, 11) is 0. The molecular weight excluding hydrogens is 492 g/mol. The van der Waals surface area contributed by atoms with Crippen LogP contribution in [-0.4, -0.2) is 35.6 Å². The van der Waals surface area contributed by atoms with Crippen LogP contribution in [-0.2, 0) is 28.9 Å². The summed E-state index contributed by atoms with van der Waals surface area (Å²) in [4.78, 5) is 17.1. The molecule has 0 saturated heterocycles. The molecule has 4 rings (SSSR count). The molecule has 0 spiro atoms. The van der Waals surface area contributed by atoms with Gasteiger partial charge in [0.2, 0.25) is 5.89 Å². The number of oxazole rings is 1. The molecule has 1 aromatic heterocycles. The van der Waals surface area contributed by atoms with Crippen LogP contribution in [0.5, 0.6) is 5.75 Å². The average molecular weight is 525 g/mol. The third kappa shape index (κ3) is 7.88. The Kier molecular flexibility index (Phi) is 9.61. The van der Waals surface area contributed by atoms with Gasteiger partial charge in [0.25, 0.3) is 0 Å². The molecule has 0 aliphatic heterocycles. The number of rotatable bonds is 13. The van der Waals surface area contributed by atoms with Crippen molar-refractivity contribution in [2.45, 2.75) is 33.2 Å². The maximum Gasteiger partial charge on any atom is 0.360 e. The summed E-state index contributed by atoms with van der Waals surface area (Å²) < 4.78 is 16.8. The van der Waals surface area contributed by atoms with E-state index in [9.17, 15) is 4.79 Å². The molecule has 3 aromatic carbocycles. The van der Waals surface area contributed by atoms with Crippen LogP contribution in [0.1, 0.15) is 29.5 Å². The molecule has 2 N–H and O–H groups in total. The van der Waals surface area contributed by atoms with Crippen LogP contribution >= 0.6 is 0 Å². The van der Waals surface area contributed by atoms with Gasteiger partial charge in [0.1, 0.15) is 11.5 Å². The molecule has 0 bridgehead atoms. The summed E-state index contributed by atoms with van der Waals surface area (Å²) in [6.45, 7) is 4.72. The fraction of sp³-hybridized carbons (Fsp3) is 0.226. The number of ether oxygens (including phenoxy) is 2. The van der Waals surface area contributed by atoms with Crippen LogP contribution in [0.2, 0.25) is 0 Å². The van der Waals surface area contributed by atoms with E-state index < -0.39 is 5.97 Å². The van der Waals surface area contributed by atoms with Crippen LogP contribution in [0.25, 0.3) is 11.5 Å². The van der Waals surface area contributed by atoms with E-state index in [2.05, 4.69) is 15.5 Å². The molecule has 0 atom stereocenters. The summed E-state index contributed by atoms with van der Waals surface area (Å²) in [6.07, 6.45) is 0.843. The number of benzene rings is 3. The predicted octanol–water partition coefficient (Wildman–Crippen LogP) is 5.54. The molecule has 0 aliphatic rings. The summed E-state index contributed by atoms with van der Waals surface area (Å²) in [6, 6.07) is 27.0. The number of hydrogen-bond acceptors (Lipinski definition) is 8. The van der Waals surface area contributed by atoms with Gasteiger partial charge in [-0.05, 0) is 49.2 Å². The highest BCUT2D eigenvalue weighted by Gasteiger charge is 2.19. The van der Waals surface area contributed by atoms with E-state index >= 15 is 0 Å². The highest BCUT2D eigenvalue weighted by Crippen LogP contribution is 2.22. The van der Waals surface area contributed by atoms with Gasteiger partial charge in [-0.3, -0.25) is 0 Å². The van der Waals surface area contributed by atoms with Crippen molar-refractivity contribution >= 4 is 17.4 Å². The van der Waals surface area contributed by atoms with E-state index in [0.717, 1.165) is 28.1 Å². The lowest BCUT2D eigenvalue weighted by Crippen LogP contribution is -2.29. The van der Waals surface area contributed by atoms with Gasteiger partial charge in [0.15, 0.2) is 5.71 Å². The Balaban J connectivity index is 1.31. The molecule has 200 valence electrons. The van der Waals surface area contributed by atoms with Crippen LogP contribution < -0.4 is 10.2 Å². The Morgan fingerprint density at radius 3 is 2.36 bits per heavy atom. The molecule has 0 unspecified atom stereocenters. The minimum Gasteiger partial charge on any atom is -0.493 e. The zero-order valence-electron chi connectivity index (χ0n) is 22.1. The van der Waals surface area contributed by atoms with E-state index in [1.807, 2.05) is 91.9 Å². The van der Waals surface area contributed by atoms with Crippen molar-refractivity contribution in [3.05, 3.63) is 108 Å². The first kappa shape index (κ1) is 27.3. The predicted molar refractivity (Wildman–Crippen MR) is 151 cm³/mol. The van der Waals surface area contributed by atoms with Crippen molar-refractivity contribution < 1.29 is 18.7 Å². The number of carbonyl (C=O) groups excluding carboxylic acids is 1. The number of hydrazone groups is 1. The van der Waals surface area contributed by atoms with E-state index in [1.165, 1.54) is 0 Å². The van der Waals surface area contributed by atoms with Crippen molar-refractivity contribution in [2.24, 2.45) is 5.10 Å². The number of carbonyl (C=O) groups is 1. The third-order valence-corrected chi connectivity index (χ3v) is 5.90. The van der Waals surface area contributed by atoms with Crippen LogP contribution in [0, 0.1) is 12.3 Å². The van der Waals surface area contributed by atoms with Crippen LogP contribution in [0.3, 0.4) is 0 Å². The lowest BCUT2D eigenvalue weighted by atomic mass is 10.1. The molecule has 8 nitrogen and oxygen atoms in total. The number of nitrogens with one attached hydrogen (secondary N) is 2. The van der Waals surface area contributed by atoms with E-state index in [4.69, 9.17) is 19.3 Å². The second-order valence-corrected chi connectivity index (χ2v) is 8.79. The second-order valence-electron chi connectivity index (χ2n) is 8.79. The van der Waals surface area contributed by atoms with Gasteiger partial charge in [-0.1, -0.05) is 60.7 Å². The fourth-order valence-electron chi connectivity index (χ4n) is 3.86. The van der Waals surface area contributed by atoms with Crippen molar-refractivity contribution in [1.29, 1.82) is 5.41 Å². The Hall–Kier alpha value is -4.72. The highest BCUT2D eigenvalue weighted by molar-refractivity contribution is 6.65. The van der Waals surface area contributed by atoms with E-state index in [0.29, 0.717) is 31.2 Å². The summed E-state index contributed by atoms with van der Waals surface area (Å²) in [5, 5.41) is 12.7. The first-order chi connectivity index (χ1) is 19.0. The third-order valence-electron chi connectivity index (χ3n) is 5.90. The lowest BCUT2D eigenvalue weighted by molar-refractivity contribution is -0.134. The molecule has 4 aromatic rings. The van der Waals surface area contributed by atoms with Crippen molar-refractivity contribution in [3.63, 3.8) is 0 Å². The summed E-state index contributed by atoms with van der Waals surface area (Å²) in [5.41, 5.74) is 6.59. The van der Waals surface area contributed by atoms with Gasteiger partial charge < -0.3 is 24.7 Å². The molecule has 0 saturated carbocycles.